The van der Waals surface area contributed by atoms with Gasteiger partial charge in [-0.05, 0) is 18.2 Å². The monoisotopic (exact) mass is 248 g/mol. The fraction of sp³-hybridized carbons (Fsp3) is 0.273. The molecule has 0 atom stereocenters. The lowest BCUT2D eigenvalue weighted by Crippen LogP contribution is -2.17. The lowest BCUT2D eigenvalue weighted by Gasteiger charge is -2.08. The molecule has 0 amide bonds. The van der Waals surface area contributed by atoms with Crippen LogP contribution in [0.25, 0.3) is 0 Å². The van der Waals surface area contributed by atoms with Crippen molar-refractivity contribution in [3.63, 3.8) is 0 Å². The normalized spacial score (nSPS) is 10.6. The molecule has 92 valence electrons. The van der Waals surface area contributed by atoms with E-state index in [9.17, 15) is 17.6 Å². The standard InChI is InChI=1S/C11H8F4O2/c12-10-5-4-9(17-11(13,14)15)7-8(10)3-1-2-6-16/h4-5,7,16H,2,6H2. The van der Waals surface area contributed by atoms with Gasteiger partial charge in [-0.25, -0.2) is 4.39 Å². The number of hydrogen-bond acceptors (Lipinski definition) is 2. The van der Waals surface area contributed by atoms with Crippen molar-refractivity contribution in [1.29, 1.82) is 0 Å². The van der Waals surface area contributed by atoms with Gasteiger partial charge in [0.25, 0.3) is 0 Å². The van der Waals surface area contributed by atoms with Crippen LogP contribution in [0.2, 0.25) is 0 Å². The number of ether oxygens (including phenoxy) is 1. The summed E-state index contributed by atoms with van der Waals surface area (Å²) in [6.45, 7) is -0.201. The van der Waals surface area contributed by atoms with E-state index < -0.39 is 17.9 Å². The third kappa shape index (κ3) is 4.74. The van der Waals surface area contributed by atoms with Gasteiger partial charge in [0.1, 0.15) is 11.6 Å². The molecule has 0 unspecified atom stereocenters. The first kappa shape index (κ1) is 13.3. The molecule has 1 aromatic carbocycles. The minimum atomic E-state index is -4.83. The molecular weight excluding hydrogens is 240 g/mol. The second kappa shape index (κ2) is 5.55. The molecule has 0 heterocycles. The molecule has 0 aliphatic rings. The van der Waals surface area contributed by atoms with Gasteiger partial charge in [-0.3, -0.25) is 0 Å². The van der Waals surface area contributed by atoms with Crippen LogP contribution in [0.3, 0.4) is 0 Å². The van der Waals surface area contributed by atoms with Crippen LogP contribution in [0, 0.1) is 17.7 Å². The molecule has 0 fully saturated rings. The Balaban J connectivity index is 2.92. The molecule has 0 saturated carbocycles. The van der Waals surface area contributed by atoms with E-state index in [1.807, 2.05) is 0 Å². The van der Waals surface area contributed by atoms with E-state index in [1.54, 1.807) is 0 Å². The number of aliphatic hydroxyl groups is 1. The Morgan fingerprint density at radius 3 is 2.59 bits per heavy atom. The fourth-order valence-corrected chi connectivity index (χ4v) is 1.01. The zero-order valence-corrected chi connectivity index (χ0v) is 8.51. The van der Waals surface area contributed by atoms with Crippen molar-refractivity contribution in [3.05, 3.63) is 29.6 Å². The van der Waals surface area contributed by atoms with Crippen LogP contribution in [-0.4, -0.2) is 18.1 Å². The summed E-state index contributed by atoms with van der Waals surface area (Å²) in [5, 5.41) is 8.45. The van der Waals surface area contributed by atoms with Crippen LogP contribution in [-0.2, 0) is 0 Å². The lowest BCUT2D eigenvalue weighted by atomic mass is 10.2. The molecule has 17 heavy (non-hydrogen) atoms. The SMILES string of the molecule is OCCC#Cc1cc(OC(F)(F)F)ccc1F. The largest absolute Gasteiger partial charge is 0.573 e. The summed E-state index contributed by atoms with van der Waals surface area (Å²) < 4.78 is 52.4. The van der Waals surface area contributed by atoms with Crippen molar-refractivity contribution in [2.24, 2.45) is 0 Å². The van der Waals surface area contributed by atoms with E-state index in [0.29, 0.717) is 0 Å². The third-order valence-corrected chi connectivity index (χ3v) is 1.63. The maximum atomic E-state index is 13.1. The van der Waals surface area contributed by atoms with Gasteiger partial charge in [0.05, 0.1) is 12.2 Å². The van der Waals surface area contributed by atoms with E-state index in [4.69, 9.17) is 5.11 Å². The average molecular weight is 248 g/mol. The molecule has 6 heteroatoms. The third-order valence-electron chi connectivity index (χ3n) is 1.63. The van der Waals surface area contributed by atoms with Crippen LogP contribution in [0.5, 0.6) is 5.75 Å². The first-order chi connectivity index (χ1) is 7.92. The molecule has 0 saturated heterocycles. The van der Waals surface area contributed by atoms with Crippen molar-refractivity contribution in [1.82, 2.24) is 0 Å². The van der Waals surface area contributed by atoms with E-state index in [-0.39, 0.29) is 18.6 Å². The lowest BCUT2D eigenvalue weighted by molar-refractivity contribution is -0.274. The fourth-order valence-electron chi connectivity index (χ4n) is 1.01. The van der Waals surface area contributed by atoms with Gasteiger partial charge in [0.15, 0.2) is 0 Å². The van der Waals surface area contributed by atoms with E-state index >= 15 is 0 Å². The Hall–Kier alpha value is -1.74. The smallest absolute Gasteiger partial charge is 0.406 e. The van der Waals surface area contributed by atoms with Crippen LogP contribution >= 0.6 is 0 Å². The Bertz CT molecular complexity index is 443. The van der Waals surface area contributed by atoms with E-state index in [0.717, 1.165) is 18.2 Å². The van der Waals surface area contributed by atoms with Crippen LogP contribution in [0.4, 0.5) is 17.6 Å². The predicted molar refractivity (Wildman–Crippen MR) is 51.7 cm³/mol. The predicted octanol–water partition coefficient (Wildman–Crippen LogP) is 2.46. The Morgan fingerprint density at radius 1 is 1.29 bits per heavy atom. The maximum Gasteiger partial charge on any atom is 0.573 e. The number of benzene rings is 1. The molecule has 1 aromatic rings. The summed E-state index contributed by atoms with van der Waals surface area (Å²) in [4.78, 5) is 0. The van der Waals surface area contributed by atoms with Crippen molar-refractivity contribution in [2.75, 3.05) is 6.61 Å². The first-order valence-corrected chi connectivity index (χ1v) is 4.57. The molecular formula is C11H8F4O2. The topological polar surface area (TPSA) is 29.5 Å². The Kier molecular flexibility index (Phi) is 4.35. The van der Waals surface area contributed by atoms with Crippen molar-refractivity contribution >= 4 is 0 Å². The van der Waals surface area contributed by atoms with Crippen LogP contribution in [0.1, 0.15) is 12.0 Å². The molecule has 0 aliphatic carbocycles. The molecule has 1 N–H and O–H groups in total. The molecule has 0 aromatic heterocycles. The van der Waals surface area contributed by atoms with Crippen molar-refractivity contribution < 1.29 is 27.4 Å². The summed E-state index contributed by atoms with van der Waals surface area (Å²) >= 11 is 0. The highest BCUT2D eigenvalue weighted by Crippen LogP contribution is 2.24. The van der Waals surface area contributed by atoms with Crippen molar-refractivity contribution in [3.8, 4) is 17.6 Å². The number of aliphatic hydroxyl groups excluding tert-OH is 1. The second-order valence-corrected chi connectivity index (χ2v) is 2.96. The Labute approximate surface area is 94.8 Å². The van der Waals surface area contributed by atoms with E-state index in [2.05, 4.69) is 16.6 Å². The number of alkyl halides is 3. The van der Waals surface area contributed by atoms with Crippen LogP contribution < -0.4 is 4.74 Å². The maximum absolute atomic E-state index is 13.1. The quantitative estimate of drug-likeness (QED) is 0.643. The zero-order valence-electron chi connectivity index (χ0n) is 8.51. The summed E-state index contributed by atoms with van der Waals surface area (Å²) in [6, 6.07) is 2.55. The number of rotatable bonds is 2. The minimum Gasteiger partial charge on any atom is -0.406 e. The highest BCUT2D eigenvalue weighted by molar-refractivity contribution is 5.41. The van der Waals surface area contributed by atoms with Gasteiger partial charge in [0.2, 0.25) is 0 Å². The summed E-state index contributed by atoms with van der Waals surface area (Å²) in [6.07, 6.45) is -4.71. The summed E-state index contributed by atoms with van der Waals surface area (Å²) in [5.74, 6) is 3.43. The number of hydrogen-bond donors (Lipinski definition) is 1. The van der Waals surface area contributed by atoms with E-state index in [1.165, 1.54) is 0 Å². The van der Waals surface area contributed by atoms with Crippen LogP contribution in [0.15, 0.2) is 18.2 Å². The molecule has 1 rings (SSSR count). The zero-order chi connectivity index (χ0) is 12.9. The highest BCUT2D eigenvalue weighted by Gasteiger charge is 2.31. The summed E-state index contributed by atoms with van der Waals surface area (Å²) in [5.41, 5.74) is -0.208. The molecule has 0 bridgehead atoms. The van der Waals surface area contributed by atoms with Gasteiger partial charge >= 0.3 is 6.36 Å². The average Bonchev–Trinajstić information content (AvgIpc) is 2.21. The first-order valence-electron chi connectivity index (χ1n) is 4.57. The minimum absolute atomic E-state index is 0.115. The summed E-state index contributed by atoms with van der Waals surface area (Å²) in [7, 11) is 0. The molecule has 0 aliphatic heterocycles. The number of halogens is 4. The van der Waals surface area contributed by atoms with Gasteiger partial charge in [-0.2, -0.15) is 0 Å². The van der Waals surface area contributed by atoms with Gasteiger partial charge in [-0.15, -0.1) is 13.2 Å². The molecule has 0 radical (unpaired) electrons. The van der Waals surface area contributed by atoms with Gasteiger partial charge in [0, 0.05) is 6.42 Å². The Morgan fingerprint density at radius 2 is 2.00 bits per heavy atom. The molecule has 0 spiro atoms. The van der Waals surface area contributed by atoms with Gasteiger partial charge < -0.3 is 9.84 Å². The second-order valence-electron chi connectivity index (χ2n) is 2.96. The highest BCUT2D eigenvalue weighted by atomic mass is 19.4. The van der Waals surface area contributed by atoms with Gasteiger partial charge in [-0.1, -0.05) is 11.8 Å². The molecule has 2 nitrogen and oxygen atoms in total. The van der Waals surface area contributed by atoms with Crippen molar-refractivity contribution in [2.45, 2.75) is 12.8 Å².